The van der Waals surface area contributed by atoms with Crippen molar-refractivity contribution >= 4 is 0 Å². The molecular formula is C15H22N6O2. The van der Waals surface area contributed by atoms with Crippen molar-refractivity contribution in [2.75, 3.05) is 26.2 Å². The Kier molecular flexibility index (Phi) is 3.86. The predicted octanol–water partition coefficient (Wildman–Crippen LogP) is 1.52. The third kappa shape index (κ3) is 3.28. The molecule has 1 aliphatic carbocycles. The van der Waals surface area contributed by atoms with Gasteiger partial charge in [-0.15, -0.1) is 0 Å². The number of nitrogens with zero attached hydrogens (tertiary/aromatic N) is 6. The lowest BCUT2D eigenvalue weighted by molar-refractivity contribution is 0.0827. The van der Waals surface area contributed by atoms with Gasteiger partial charge >= 0.3 is 0 Å². The maximum absolute atomic E-state index is 5.46. The van der Waals surface area contributed by atoms with Crippen LogP contribution in [0.5, 0.6) is 0 Å². The third-order valence-corrected chi connectivity index (χ3v) is 4.65. The molecule has 2 fully saturated rings. The molecule has 3 heterocycles. The number of aryl methyl sites for hydroxylation is 1. The summed E-state index contributed by atoms with van der Waals surface area (Å²) in [7, 11) is 0. The van der Waals surface area contributed by atoms with E-state index in [9.17, 15) is 0 Å². The highest BCUT2D eigenvalue weighted by atomic mass is 16.5. The first-order valence-corrected chi connectivity index (χ1v) is 8.28. The van der Waals surface area contributed by atoms with Crippen LogP contribution in [-0.2, 0) is 6.54 Å². The molecule has 4 rings (SSSR count). The van der Waals surface area contributed by atoms with Crippen molar-refractivity contribution in [3.63, 3.8) is 0 Å². The fourth-order valence-corrected chi connectivity index (χ4v) is 2.99. The van der Waals surface area contributed by atoms with Gasteiger partial charge in [0.25, 0.3) is 0 Å². The van der Waals surface area contributed by atoms with Crippen LogP contribution in [0.1, 0.15) is 55.2 Å². The molecule has 23 heavy (non-hydrogen) atoms. The molecular weight excluding hydrogens is 296 g/mol. The van der Waals surface area contributed by atoms with E-state index in [1.807, 2.05) is 6.92 Å². The Hall–Kier alpha value is -1.80. The second-order valence-electron chi connectivity index (χ2n) is 6.48. The number of rotatable bonds is 5. The minimum atomic E-state index is 0.171. The second-order valence-corrected chi connectivity index (χ2v) is 6.48. The fourth-order valence-electron chi connectivity index (χ4n) is 2.99. The van der Waals surface area contributed by atoms with Gasteiger partial charge in [-0.2, -0.15) is 9.97 Å². The van der Waals surface area contributed by atoms with E-state index in [0.717, 1.165) is 50.3 Å². The quantitative estimate of drug-likeness (QED) is 0.820. The second kappa shape index (κ2) is 6.01. The summed E-state index contributed by atoms with van der Waals surface area (Å²) in [6.45, 7) is 8.59. The molecule has 0 unspecified atom stereocenters. The van der Waals surface area contributed by atoms with Crippen LogP contribution in [0.2, 0.25) is 0 Å². The fraction of sp³-hybridized carbons (Fsp3) is 0.733. The molecule has 0 amide bonds. The van der Waals surface area contributed by atoms with E-state index < -0.39 is 0 Å². The molecule has 8 heteroatoms. The smallest absolute Gasteiger partial charge is 0.243 e. The van der Waals surface area contributed by atoms with E-state index in [2.05, 4.69) is 37.0 Å². The average Bonchev–Trinajstić information content (AvgIpc) is 3.15. The standard InChI is InChI=1S/C15H22N6O2/c1-10(15-17-14(19-23-15)12-3-4-12)21-7-5-20(6-8-21)9-13-16-11(2)22-18-13/h10,12H,3-9H2,1-2H3/t10-/m1/s1. The van der Waals surface area contributed by atoms with Crippen LogP contribution in [-0.4, -0.2) is 56.3 Å². The van der Waals surface area contributed by atoms with Crippen molar-refractivity contribution in [1.82, 2.24) is 30.1 Å². The van der Waals surface area contributed by atoms with Gasteiger partial charge in [0.1, 0.15) is 0 Å². The Morgan fingerprint density at radius 2 is 1.87 bits per heavy atom. The summed E-state index contributed by atoms with van der Waals surface area (Å²) in [6.07, 6.45) is 2.39. The van der Waals surface area contributed by atoms with Gasteiger partial charge in [-0.1, -0.05) is 10.3 Å². The minimum Gasteiger partial charge on any atom is -0.340 e. The normalized spacial score (nSPS) is 21.7. The first-order chi connectivity index (χ1) is 11.2. The molecule has 124 valence electrons. The number of hydrogen-bond acceptors (Lipinski definition) is 8. The predicted molar refractivity (Wildman–Crippen MR) is 80.6 cm³/mol. The third-order valence-electron chi connectivity index (χ3n) is 4.65. The highest BCUT2D eigenvalue weighted by Gasteiger charge is 2.31. The molecule has 1 saturated heterocycles. The Morgan fingerprint density at radius 3 is 2.52 bits per heavy atom. The lowest BCUT2D eigenvalue weighted by atomic mass is 10.2. The van der Waals surface area contributed by atoms with Crippen LogP contribution >= 0.6 is 0 Å². The Labute approximate surface area is 134 Å². The van der Waals surface area contributed by atoms with Gasteiger partial charge in [0.15, 0.2) is 11.6 Å². The van der Waals surface area contributed by atoms with Crippen LogP contribution in [0, 0.1) is 6.92 Å². The van der Waals surface area contributed by atoms with Crippen molar-refractivity contribution < 1.29 is 9.05 Å². The first kappa shape index (κ1) is 14.8. The molecule has 8 nitrogen and oxygen atoms in total. The summed E-state index contributed by atoms with van der Waals surface area (Å²) >= 11 is 0. The zero-order valence-electron chi connectivity index (χ0n) is 13.6. The van der Waals surface area contributed by atoms with Gasteiger partial charge in [0, 0.05) is 39.0 Å². The number of piperazine rings is 1. The molecule has 0 radical (unpaired) electrons. The largest absolute Gasteiger partial charge is 0.340 e. The molecule has 2 aromatic heterocycles. The molecule has 1 atom stereocenters. The van der Waals surface area contributed by atoms with E-state index >= 15 is 0 Å². The van der Waals surface area contributed by atoms with Crippen molar-refractivity contribution in [2.24, 2.45) is 0 Å². The van der Waals surface area contributed by atoms with Crippen LogP contribution in [0.4, 0.5) is 0 Å². The molecule has 0 bridgehead atoms. The first-order valence-electron chi connectivity index (χ1n) is 8.28. The summed E-state index contributed by atoms with van der Waals surface area (Å²) in [4.78, 5) is 13.6. The van der Waals surface area contributed by atoms with Gasteiger partial charge < -0.3 is 9.05 Å². The van der Waals surface area contributed by atoms with Gasteiger partial charge in [0.05, 0.1) is 12.6 Å². The molecule has 2 aliphatic rings. The van der Waals surface area contributed by atoms with E-state index in [0.29, 0.717) is 11.8 Å². The van der Waals surface area contributed by atoms with E-state index in [4.69, 9.17) is 9.05 Å². The molecule has 0 N–H and O–H groups in total. The lowest BCUT2D eigenvalue weighted by Gasteiger charge is -2.36. The van der Waals surface area contributed by atoms with Crippen LogP contribution in [0.3, 0.4) is 0 Å². The zero-order chi connectivity index (χ0) is 15.8. The zero-order valence-corrected chi connectivity index (χ0v) is 13.6. The highest BCUT2D eigenvalue weighted by Crippen LogP contribution is 2.38. The Morgan fingerprint density at radius 1 is 1.09 bits per heavy atom. The molecule has 2 aromatic rings. The Bertz CT molecular complexity index is 656. The molecule has 0 aromatic carbocycles. The monoisotopic (exact) mass is 318 g/mol. The van der Waals surface area contributed by atoms with E-state index in [1.165, 1.54) is 12.8 Å². The topological polar surface area (TPSA) is 84.3 Å². The summed E-state index contributed by atoms with van der Waals surface area (Å²) in [5.74, 6) is 3.55. The van der Waals surface area contributed by atoms with Crippen molar-refractivity contribution in [3.8, 4) is 0 Å². The highest BCUT2D eigenvalue weighted by molar-refractivity contribution is 5.05. The van der Waals surface area contributed by atoms with E-state index in [1.54, 1.807) is 0 Å². The average molecular weight is 318 g/mol. The van der Waals surface area contributed by atoms with Crippen molar-refractivity contribution in [3.05, 3.63) is 23.4 Å². The minimum absolute atomic E-state index is 0.171. The summed E-state index contributed by atoms with van der Waals surface area (Å²) in [6, 6.07) is 0.171. The summed E-state index contributed by atoms with van der Waals surface area (Å²) in [5.41, 5.74) is 0. The maximum Gasteiger partial charge on any atom is 0.243 e. The molecule has 0 spiro atoms. The van der Waals surface area contributed by atoms with Gasteiger partial charge in [-0.05, 0) is 19.8 Å². The summed E-state index contributed by atoms with van der Waals surface area (Å²) in [5, 5.41) is 8.08. The Balaban J connectivity index is 1.31. The van der Waals surface area contributed by atoms with Crippen LogP contribution in [0.25, 0.3) is 0 Å². The summed E-state index contributed by atoms with van der Waals surface area (Å²) < 4.78 is 10.5. The SMILES string of the molecule is Cc1nc(CN2CCN([C@H](C)c3nc(C4CC4)no3)CC2)no1. The number of aromatic nitrogens is 4. The lowest BCUT2D eigenvalue weighted by Crippen LogP contribution is -2.46. The van der Waals surface area contributed by atoms with Gasteiger partial charge in [-0.3, -0.25) is 9.80 Å². The maximum atomic E-state index is 5.46. The van der Waals surface area contributed by atoms with Crippen molar-refractivity contribution in [1.29, 1.82) is 0 Å². The van der Waals surface area contributed by atoms with E-state index in [-0.39, 0.29) is 6.04 Å². The van der Waals surface area contributed by atoms with Crippen LogP contribution < -0.4 is 0 Å². The molecule has 1 aliphatic heterocycles. The van der Waals surface area contributed by atoms with Gasteiger partial charge in [0.2, 0.25) is 11.8 Å². The molecule has 1 saturated carbocycles. The van der Waals surface area contributed by atoms with Crippen molar-refractivity contribution in [2.45, 2.75) is 45.2 Å². The number of hydrogen-bond donors (Lipinski definition) is 0. The van der Waals surface area contributed by atoms with Gasteiger partial charge in [-0.25, -0.2) is 0 Å². The van der Waals surface area contributed by atoms with Crippen LogP contribution in [0.15, 0.2) is 9.05 Å².